The maximum Gasteiger partial charge on any atom is 0.259 e. The molecule has 8 heteroatoms. The lowest BCUT2D eigenvalue weighted by molar-refractivity contribution is -0.130. The predicted octanol–water partition coefficient (Wildman–Crippen LogP) is 2.74. The number of hydrogen-bond acceptors (Lipinski definition) is 6. The van der Waals surface area contributed by atoms with E-state index in [1.807, 2.05) is 20.8 Å². The number of aromatic amines is 1. The van der Waals surface area contributed by atoms with E-state index in [-0.39, 0.29) is 29.3 Å². The zero-order valence-electron chi connectivity index (χ0n) is 14.5. The molecule has 0 spiro atoms. The van der Waals surface area contributed by atoms with E-state index in [0.717, 1.165) is 28.1 Å². The van der Waals surface area contributed by atoms with Gasteiger partial charge in [-0.25, -0.2) is 4.98 Å². The fourth-order valence-corrected chi connectivity index (χ4v) is 4.60. The van der Waals surface area contributed by atoms with Gasteiger partial charge in [0.25, 0.3) is 5.56 Å². The van der Waals surface area contributed by atoms with Gasteiger partial charge in [0.2, 0.25) is 5.91 Å². The molecule has 132 valence electrons. The Bertz CT molecular complexity index is 908. The van der Waals surface area contributed by atoms with Crippen LogP contribution < -0.4 is 5.56 Å². The van der Waals surface area contributed by atoms with E-state index in [1.54, 1.807) is 4.90 Å². The van der Waals surface area contributed by atoms with Gasteiger partial charge in [0.15, 0.2) is 0 Å². The third kappa shape index (κ3) is 3.72. The van der Waals surface area contributed by atoms with E-state index in [4.69, 9.17) is 5.26 Å². The second-order valence-corrected chi connectivity index (χ2v) is 8.82. The van der Waals surface area contributed by atoms with E-state index >= 15 is 0 Å². The Morgan fingerprint density at radius 3 is 2.88 bits per heavy atom. The highest BCUT2D eigenvalue weighted by Gasteiger charge is 2.34. The number of rotatable bonds is 6. The number of aromatic nitrogens is 2. The van der Waals surface area contributed by atoms with Crippen molar-refractivity contribution in [3.63, 3.8) is 0 Å². The zero-order chi connectivity index (χ0) is 18.1. The van der Waals surface area contributed by atoms with Gasteiger partial charge in [0, 0.05) is 10.9 Å². The van der Waals surface area contributed by atoms with Crippen LogP contribution in [0.1, 0.15) is 36.0 Å². The van der Waals surface area contributed by atoms with Crippen LogP contribution in [-0.4, -0.2) is 38.6 Å². The molecule has 6 nitrogen and oxygen atoms in total. The molecule has 2 heterocycles. The molecular formula is C17H20N4O2S2. The third-order valence-electron chi connectivity index (χ3n) is 4.42. The van der Waals surface area contributed by atoms with Gasteiger partial charge >= 0.3 is 0 Å². The van der Waals surface area contributed by atoms with Gasteiger partial charge in [0.1, 0.15) is 17.2 Å². The fourth-order valence-electron chi connectivity index (χ4n) is 2.73. The average Bonchev–Trinajstić information content (AvgIpc) is 3.36. The zero-order valence-corrected chi connectivity index (χ0v) is 16.1. The van der Waals surface area contributed by atoms with Gasteiger partial charge in [-0.2, -0.15) is 5.26 Å². The summed E-state index contributed by atoms with van der Waals surface area (Å²) in [7, 11) is 0. The molecule has 1 amide bonds. The number of nitrogens with zero attached hydrogens (tertiary/aromatic N) is 3. The molecule has 1 aliphatic rings. The highest BCUT2D eigenvalue weighted by atomic mass is 32.2. The van der Waals surface area contributed by atoms with Crippen molar-refractivity contribution in [2.75, 3.05) is 6.54 Å². The van der Waals surface area contributed by atoms with Crippen LogP contribution in [0.3, 0.4) is 0 Å². The molecule has 1 aliphatic carbocycles. The highest BCUT2D eigenvalue weighted by molar-refractivity contribution is 7.99. The Morgan fingerprint density at radius 1 is 1.52 bits per heavy atom. The lowest BCUT2D eigenvalue weighted by Crippen LogP contribution is -2.38. The molecule has 1 N–H and O–H groups in total. The van der Waals surface area contributed by atoms with Gasteiger partial charge < -0.3 is 9.88 Å². The van der Waals surface area contributed by atoms with Crippen molar-refractivity contribution in [3.8, 4) is 6.07 Å². The van der Waals surface area contributed by atoms with Crippen LogP contribution in [0, 0.1) is 25.2 Å². The van der Waals surface area contributed by atoms with Crippen molar-refractivity contribution in [2.24, 2.45) is 0 Å². The Kier molecular flexibility index (Phi) is 5.16. The van der Waals surface area contributed by atoms with Crippen LogP contribution in [0.25, 0.3) is 10.2 Å². The summed E-state index contributed by atoms with van der Waals surface area (Å²) in [5.41, 5.74) is 0.860. The lowest BCUT2D eigenvalue weighted by atomic mass is 10.2. The molecule has 0 unspecified atom stereocenters. The Labute approximate surface area is 154 Å². The molecule has 0 bridgehead atoms. The van der Waals surface area contributed by atoms with Crippen molar-refractivity contribution >= 4 is 39.2 Å². The summed E-state index contributed by atoms with van der Waals surface area (Å²) in [6.45, 7) is 5.90. The van der Waals surface area contributed by atoms with Gasteiger partial charge in [-0.15, -0.1) is 23.1 Å². The minimum atomic E-state index is -0.276. The van der Waals surface area contributed by atoms with Crippen molar-refractivity contribution < 1.29 is 4.79 Å². The number of thioether (sulfide) groups is 1. The van der Waals surface area contributed by atoms with Crippen LogP contribution in [0.5, 0.6) is 0 Å². The van der Waals surface area contributed by atoms with E-state index in [9.17, 15) is 9.59 Å². The van der Waals surface area contributed by atoms with Crippen LogP contribution in [-0.2, 0) is 10.5 Å². The molecule has 3 rings (SSSR count). The highest BCUT2D eigenvalue weighted by Crippen LogP contribution is 2.30. The summed E-state index contributed by atoms with van der Waals surface area (Å²) in [5, 5.41) is 9.29. The number of carbonyl (C=O) groups excluding carboxylic acids is 1. The molecule has 2 aromatic rings. The minimum Gasteiger partial charge on any atom is -0.325 e. The molecule has 25 heavy (non-hydrogen) atoms. The van der Waals surface area contributed by atoms with E-state index in [0.29, 0.717) is 17.0 Å². The molecular weight excluding hydrogens is 356 g/mol. The third-order valence-corrected chi connectivity index (χ3v) is 6.66. The monoisotopic (exact) mass is 376 g/mol. The number of nitriles is 1. The molecule has 0 aliphatic heterocycles. The SMILES string of the molecule is Cc1sc2nc(CS[C@@H](C)C(=O)N(CC#N)C3CC3)[nH]c(=O)c2c1C. The maximum absolute atomic E-state index is 12.5. The van der Waals surface area contributed by atoms with Gasteiger partial charge in [-0.3, -0.25) is 9.59 Å². The topological polar surface area (TPSA) is 89.8 Å². The summed E-state index contributed by atoms with van der Waals surface area (Å²) in [6.07, 6.45) is 1.96. The number of nitrogens with one attached hydrogen (secondary N) is 1. The standard InChI is InChI=1S/C17H20N4O2S2/c1-9-10(2)25-16-14(9)15(22)19-13(20-16)8-24-11(3)17(23)21(7-6-18)12-4-5-12/h11-12H,4-5,7-8H2,1-3H3,(H,19,20,22)/t11-/m0/s1. The molecule has 1 saturated carbocycles. The Hall–Kier alpha value is -1.85. The van der Waals surface area contributed by atoms with Crippen LogP contribution in [0.15, 0.2) is 4.79 Å². The van der Waals surface area contributed by atoms with Gasteiger partial charge in [-0.1, -0.05) is 0 Å². The summed E-state index contributed by atoms with van der Waals surface area (Å²) >= 11 is 2.96. The smallest absolute Gasteiger partial charge is 0.259 e. The van der Waals surface area contributed by atoms with Gasteiger partial charge in [0.05, 0.1) is 22.5 Å². The number of carbonyl (C=O) groups is 1. The van der Waals surface area contributed by atoms with Crippen molar-refractivity contribution in [1.82, 2.24) is 14.9 Å². The van der Waals surface area contributed by atoms with Crippen LogP contribution in [0.2, 0.25) is 0 Å². The number of H-pyrrole nitrogens is 1. The number of fused-ring (bicyclic) bond motifs is 1. The second kappa shape index (κ2) is 7.18. The van der Waals surface area contributed by atoms with E-state index in [1.165, 1.54) is 23.1 Å². The van der Waals surface area contributed by atoms with Crippen LogP contribution in [0.4, 0.5) is 0 Å². The molecule has 0 saturated heterocycles. The fraction of sp³-hybridized carbons (Fsp3) is 0.529. The molecule has 1 atom stereocenters. The summed E-state index contributed by atoms with van der Waals surface area (Å²) in [5.74, 6) is 1.03. The first kappa shape index (κ1) is 18.0. The first-order valence-electron chi connectivity index (χ1n) is 8.20. The molecule has 0 radical (unpaired) electrons. The summed E-state index contributed by atoms with van der Waals surface area (Å²) < 4.78 is 0. The van der Waals surface area contributed by atoms with E-state index in [2.05, 4.69) is 16.0 Å². The van der Waals surface area contributed by atoms with Crippen molar-refractivity contribution in [3.05, 3.63) is 26.6 Å². The Morgan fingerprint density at radius 2 is 2.24 bits per heavy atom. The molecule has 0 aromatic carbocycles. The second-order valence-electron chi connectivity index (χ2n) is 6.28. The molecule has 1 fully saturated rings. The normalized spacial score (nSPS) is 15.1. The maximum atomic E-state index is 12.5. The van der Waals surface area contributed by atoms with Crippen molar-refractivity contribution in [2.45, 2.75) is 50.7 Å². The number of aryl methyl sites for hydroxylation is 2. The largest absolute Gasteiger partial charge is 0.325 e. The summed E-state index contributed by atoms with van der Waals surface area (Å²) in [6, 6.07) is 2.29. The Balaban J connectivity index is 1.70. The first-order chi connectivity index (χ1) is 11.9. The first-order valence-corrected chi connectivity index (χ1v) is 10.1. The van der Waals surface area contributed by atoms with Crippen molar-refractivity contribution in [1.29, 1.82) is 5.26 Å². The molecule has 2 aromatic heterocycles. The minimum absolute atomic E-state index is 0.0136. The van der Waals surface area contributed by atoms with E-state index < -0.39 is 0 Å². The number of amides is 1. The average molecular weight is 377 g/mol. The summed E-state index contributed by atoms with van der Waals surface area (Å²) in [4.78, 5) is 35.7. The number of hydrogen-bond donors (Lipinski definition) is 1. The quantitative estimate of drug-likeness (QED) is 0.783. The number of thiophene rings is 1. The van der Waals surface area contributed by atoms with Crippen LogP contribution >= 0.6 is 23.1 Å². The predicted molar refractivity (Wildman–Crippen MR) is 101 cm³/mol. The lowest BCUT2D eigenvalue weighted by Gasteiger charge is -2.22. The van der Waals surface area contributed by atoms with Gasteiger partial charge in [-0.05, 0) is 39.2 Å².